The van der Waals surface area contributed by atoms with Crippen LogP contribution < -0.4 is 9.64 Å². The molecule has 0 N–H and O–H groups in total. The number of thiophene rings is 1. The quantitative estimate of drug-likeness (QED) is 0.627. The van der Waals surface area contributed by atoms with Crippen LogP contribution >= 0.6 is 11.3 Å². The van der Waals surface area contributed by atoms with Crippen LogP contribution in [0.3, 0.4) is 0 Å². The van der Waals surface area contributed by atoms with Crippen LogP contribution in [0.15, 0.2) is 44.3 Å². The van der Waals surface area contributed by atoms with Crippen molar-refractivity contribution in [3.63, 3.8) is 0 Å². The summed E-state index contributed by atoms with van der Waals surface area (Å²) in [5, 5.41) is 9.46. The molecule has 28 heavy (non-hydrogen) atoms. The van der Waals surface area contributed by atoms with Crippen LogP contribution in [-0.4, -0.2) is 56.2 Å². The predicted molar refractivity (Wildman–Crippen MR) is 106 cm³/mol. The van der Waals surface area contributed by atoms with Gasteiger partial charge in [-0.3, -0.25) is 0 Å². The lowest BCUT2D eigenvalue weighted by molar-refractivity contribution is 0.385. The standard InChI is InChI=1S/C18H20N4O4S2/c1-13-19-20-18(26-13)14-10-17(27-12-14)28(23,24)22-8-6-21(7-9-22)15-4-3-5-16(11-15)25-2/h3-5,10-12H,6-9H2,1-2H3. The summed E-state index contributed by atoms with van der Waals surface area (Å²) in [6, 6.07) is 9.39. The number of rotatable bonds is 5. The first kappa shape index (κ1) is 18.9. The molecule has 0 saturated carbocycles. The molecule has 3 heterocycles. The van der Waals surface area contributed by atoms with Crippen molar-refractivity contribution in [3.8, 4) is 17.2 Å². The second-order valence-corrected chi connectivity index (χ2v) is 9.45. The van der Waals surface area contributed by atoms with Crippen molar-refractivity contribution in [2.45, 2.75) is 11.1 Å². The molecule has 2 aromatic heterocycles. The van der Waals surface area contributed by atoms with Crippen molar-refractivity contribution in [2.24, 2.45) is 0 Å². The van der Waals surface area contributed by atoms with E-state index < -0.39 is 10.0 Å². The molecule has 1 aliphatic rings. The van der Waals surface area contributed by atoms with E-state index in [4.69, 9.17) is 9.15 Å². The number of aromatic nitrogens is 2. The van der Waals surface area contributed by atoms with Crippen molar-refractivity contribution < 1.29 is 17.6 Å². The molecule has 0 amide bonds. The zero-order chi connectivity index (χ0) is 19.7. The number of nitrogens with zero attached hydrogens (tertiary/aromatic N) is 4. The molecular formula is C18H20N4O4S2. The van der Waals surface area contributed by atoms with Gasteiger partial charge in [0.15, 0.2) is 0 Å². The normalized spacial score (nSPS) is 15.7. The minimum Gasteiger partial charge on any atom is -0.497 e. The Morgan fingerprint density at radius 1 is 1.14 bits per heavy atom. The fourth-order valence-electron chi connectivity index (χ4n) is 3.10. The molecule has 1 fully saturated rings. The molecule has 1 saturated heterocycles. The fraction of sp³-hybridized carbons (Fsp3) is 0.333. The zero-order valence-electron chi connectivity index (χ0n) is 15.5. The Morgan fingerprint density at radius 3 is 2.61 bits per heavy atom. The maximum Gasteiger partial charge on any atom is 0.252 e. The largest absolute Gasteiger partial charge is 0.497 e. The van der Waals surface area contributed by atoms with Gasteiger partial charge in [-0.05, 0) is 18.2 Å². The minimum atomic E-state index is -3.55. The lowest BCUT2D eigenvalue weighted by atomic mass is 10.2. The maximum atomic E-state index is 13.0. The molecule has 0 aliphatic carbocycles. The zero-order valence-corrected chi connectivity index (χ0v) is 17.2. The van der Waals surface area contributed by atoms with E-state index in [1.807, 2.05) is 24.3 Å². The molecule has 0 atom stereocenters. The molecule has 0 radical (unpaired) electrons. The number of benzene rings is 1. The summed E-state index contributed by atoms with van der Waals surface area (Å²) in [4.78, 5) is 2.16. The lowest BCUT2D eigenvalue weighted by Gasteiger charge is -2.35. The van der Waals surface area contributed by atoms with E-state index >= 15 is 0 Å². The molecule has 4 rings (SSSR count). The molecular weight excluding hydrogens is 400 g/mol. The highest BCUT2D eigenvalue weighted by molar-refractivity contribution is 7.91. The van der Waals surface area contributed by atoms with E-state index in [0.717, 1.165) is 11.4 Å². The Kier molecular flexibility index (Phi) is 5.09. The fourth-order valence-corrected chi connectivity index (χ4v) is 5.83. The number of anilines is 1. The molecule has 1 aliphatic heterocycles. The van der Waals surface area contributed by atoms with E-state index in [-0.39, 0.29) is 4.21 Å². The summed E-state index contributed by atoms with van der Waals surface area (Å²) >= 11 is 1.17. The van der Waals surface area contributed by atoms with Crippen LogP contribution in [0.5, 0.6) is 5.75 Å². The molecule has 0 unspecified atom stereocenters. The maximum absolute atomic E-state index is 13.0. The summed E-state index contributed by atoms with van der Waals surface area (Å²) in [6.45, 7) is 3.78. The van der Waals surface area contributed by atoms with Crippen LogP contribution in [0.4, 0.5) is 5.69 Å². The van der Waals surface area contributed by atoms with Crippen molar-refractivity contribution in [1.82, 2.24) is 14.5 Å². The van der Waals surface area contributed by atoms with Gasteiger partial charge < -0.3 is 14.1 Å². The Morgan fingerprint density at radius 2 is 1.93 bits per heavy atom. The second kappa shape index (κ2) is 7.53. The van der Waals surface area contributed by atoms with E-state index in [1.165, 1.54) is 15.6 Å². The Hall–Kier alpha value is -2.43. The molecule has 1 aromatic carbocycles. The van der Waals surface area contributed by atoms with Gasteiger partial charge in [0.1, 0.15) is 9.96 Å². The monoisotopic (exact) mass is 420 g/mol. The molecule has 148 valence electrons. The Labute approximate surface area is 167 Å². The second-order valence-electron chi connectivity index (χ2n) is 6.37. The number of piperazine rings is 1. The van der Waals surface area contributed by atoms with Gasteiger partial charge in [-0.15, -0.1) is 21.5 Å². The van der Waals surface area contributed by atoms with Crippen LogP contribution in [0.25, 0.3) is 11.5 Å². The minimum absolute atomic E-state index is 0.285. The average molecular weight is 421 g/mol. The first-order valence-electron chi connectivity index (χ1n) is 8.75. The summed E-state index contributed by atoms with van der Waals surface area (Å²) in [5.74, 6) is 1.56. The Balaban J connectivity index is 1.47. The first-order chi connectivity index (χ1) is 13.5. The smallest absolute Gasteiger partial charge is 0.252 e. The number of hydrogen-bond donors (Lipinski definition) is 0. The third kappa shape index (κ3) is 3.62. The van der Waals surface area contributed by atoms with Gasteiger partial charge in [0.25, 0.3) is 10.0 Å². The summed E-state index contributed by atoms with van der Waals surface area (Å²) < 4.78 is 38.5. The SMILES string of the molecule is COc1cccc(N2CCN(S(=O)(=O)c3cc(-c4nnc(C)o4)cs3)CC2)c1. The Bertz CT molecular complexity index is 1070. The molecule has 0 spiro atoms. The first-order valence-corrected chi connectivity index (χ1v) is 11.1. The molecule has 10 heteroatoms. The highest BCUT2D eigenvalue weighted by Crippen LogP contribution is 2.31. The van der Waals surface area contributed by atoms with E-state index in [2.05, 4.69) is 15.1 Å². The van der Waals surface area contributed by atoms with Gasteiger partial charge in [0, 0.05) is 50.2 Å². The molecule has 3 aromatic rings. The van der Waals surface area contributed by atoms with Crippen molar-refractivity contribution >= 4 is 27.0 Å². The topological polar surface area (TPSA) is 88.8 Å². The average Bonchev–Trinajstić information content (AvgIpc) is 3.37. The van der Waals surface area contributed by atoms with Gasteiger partial charge in [-0.25, -0.2) is 8.42 Å². The van der Waals surface area contributed by atoms with Crippen LogP contribution in [-0.2, 0) is 10.0 Å². The highest BCUT2D eigenvalue weighted by atomic mass is 32.2. The summed E-state index contributed by atoms with van der Waals surface area (Å²) in [7, 11) is -1.92. The lowest BCUT2D eigenvalue weighted by Crippen LogP contribution is -2.48. The molecule has 8 nitrogen and oxygen atoms in total. The summed E-state index contributed by atoms with van der Waals surface area (Å²) in [6.07, 6.45) is 0. The number of aryl methyl sites for hydroxylation is 1. The third-order valence-corrected chi connectivity index (χ3v) is 7.91. The van der Waals surface area contributed by atoms with E-state index in [1.54, 1.807) is 25.5 Å². The molecule has 0 bridgehead atoms. The van der Waals surface area contributed by atoms with Crippen LogP contribution in [0, 0.1) is 6.92 Å². The number of sulfonamides is 1. The van der Waals surface area contributed by atoms with Crippen LogP contribution in [0.1, 0.15) is 5.89 Å². The van der Waals surface area contributed by atoms with Gasteiger partial charge >= 0.3 is 0 Å². The van der Waals surface area contributed by atoms with Gasteiger partial charge in [0.05, 0.1) is 12.7 Å². The van der Waals surface area contributed by atoms with Gasteiger partial charge in [-0.1, -0.05) is 6.07 Å². The van der Waals surface area contributed by atoms with Crippen molar-refractivity contribution in [1.29, 1.82) is 0 Å². The third-order valence-electron chi connectivity index (χ3n) is 4.60. The highest BCUT2D eigenvalue weighted by Gasteiger charge is 2.30. The van der Waals surface area contributed by atoms with E-state index in [0.29, 0.717) is 43.5 Å². The predicted octanol–water partition coefficient (Wildman–Crippen LogP) is 2.63. The van der Waals surface area contributed by atoms with Crippen molar-refractivity contribution in [2.75, 3.05) is 38.2 Å². The number of ether oxygens (including phenoxy) is 1. The van der Waals surface area contributed by atoms with Crippen LogP contribution in [0.2, 0.25) is 0 Å². The van der Waals surface area contributed by atoms with Gasteiger partial charge in [-0.2, -0.15) is 4.31 Å². The number of methoxy groups -OCH3 is 1. The summed E-state index contributed by atoms with van der Waals surface area (Å²) in [5.41, 5.74) is 1.65. The van der Waals surface area contributed by atoms with E-state index in [9.17, 15) is 8.42 Å². The van der Waals surface area contributed by atoms with Crippen molar-refractivity contribution in [3.05, 3.63) is 41.6 Å². The van der Waals surface area contributed by atoms with Gasteiger partial charge in [0.2, 0.25) is 11.8 Å². The number of hydrogen-bond acceptors (Lipinski definition) is 8.